The van der Waals surface area contributed by atoms with E-state index in [0.29, 0.717) is 5.56 Å². The zero-order chi connectivity index (χ0) is 11.6. The third kappa shape index (κ3) is 2.53. The molecule has 0 aliphatic heterocycles. The second kappa shape index (κ2) is 4.39. The highest BCUT2D eigenvalue weighted by atomic mass is 35.5. The first-order valence-corrected chi connectivity index (χ1v) is 4.19. The zero-order valence-corrected chi connectivity index (χ0v) is 8.29. The summed E-state index contributed by atoms with van der Waals surface area (Å²) in [7, 11) is 0. The summed E-state index contributed by atoms with van der Waals surface area (Å²) in [6.45, 7) is -1.62. The highest BCUT2D eigenvalue weighted by molar-refractivity contribution is 6.33. The summed E-state index contributed by atoms with van der Waals surface area (Å²) in [5.74, 6) is -0.600. The molecule has 0 amide bonds. The van der Waals surface area contributed by atoms with Crippen LogP contribution in [0.2, 0.25) is 5.02 Å². The standard InChI is InChI=1S/C8H6ClF2NO3/c1-4-2-3-5(12(13)14)7(6(4)9)15-8(10)11/h2-3,8H,1H3. The third-order valence-electron chi connectivity index (χ3n) is 1.67. The lowest BCUT2D eigenvalue weighted by atomic mass is 10.2. The Kier molecular flexibility index (Phi) is 3.41. The number of alkyl halides is 2. The van der Waals surface area contributed by atoms with Crippen molar-refractivity contribution in [2.24, 2.45) is 0 Å². The summed E-state index contributed by atoms with van der Waals surface area (Å²) < 4.78 is 28.0. The number of ether oxygens (including phenoxy) is 1. The number of rotatable bonds is 3. The van der Waals surface area contributed by atoms with Gasteiger partial charge in [-0.15, -0.1) is 0 Å². The van der Waals surface area contributed by atoms with Crippen molar-refractivity contribution in [3.05, 3.63) is 32.8 Å². The number of nitro benzene ring substituents is 1. The highest BCUT2D eigenvalue weighted by Crippen LogP contribution is 2.37. The van der Waals surface area contributed by atoms with E-state index in [-0.39, 0.29) is 5.02 Å². The van der Waals surface area contributed by atoms with Crippen LogP contribution in [-0.2, 0) is 0 Å². The fourth-order valence-electron chi connectivity index (χ4n) is 0.989. The molecule has 7 heteroatoms. The van der Waals surface area contributed by atoms with Gasteiger partial charge in [-0.05, 0) is 12.5 Å². The minimum absolute atomic E-state index is 0.176. The fraction of sp³-hybridized carbons (Fsp3) is 0.250. The number of nitrogens with zero attached hydrogens (tertiary/aromatic N) is 1. The maximum Gasteiger partial charge on any atom is 0.387 e. The molecule has 1 rings (SSSR count). The lowest BCUT2D eigenvalue weighted by Crippen LogP contribution is -2.05. The number of benzene rings is 1. The predicted octanol–water partition coefficient (Wildman–Crippen LogP) is 3.16. The van der Waals surface area contributed by atoms with Crippen LogP contribution in [0.25, 0.3) is 0 Å². The number of hydrogen-bond acceptors (Lipinski definition) is 3. The maximum atomic E-state index is 12.0. The molecule has 0 saturated carbocycles. The van der Waals surface area contributed by atoms with Gasteiger partial charge in [-0.2, -0.15) is 8.78 Å². The Morgan fingerprint density at radius 2 is 2.13 bits per heavy atom. The molecule has 0 spiro atoms. The van der Waals surface area contributed by atoms with Crippen molar-refractivity contribution in [1.29, 1.82) is 0 Å². The van der Waals surface area contributed by atoms with Gasteiger partial charge >= 0.3 is 12.3 Å². The molecular weight excluding hydrogens is 232 g/mol. The van der Waals surface area contributed by atoms with Crippen molar-refractivity contribution in [3.63, 3.8) is 0 Å². The molecule has 0 bridgehead atoms. The zero-order valence-electron chi connectivity index (χ0n) is 7.54. The summed E-state index contributed by atoms with van der Waals surface area (Å²) >= 11 is 5.62. The van der Waals surface area contributed by atoms with Crippen molar-refractivity contribution in [2.45, 2.75) is 13.5 Å². The second-order valence-corrected chi connectivity index (χ2v) is 3.06. The van der Waals surface area contributed by atoms with Crippen molar-refractivity contribution in [2.75, 3.05) is 0 Å². The van der Waals surface area contributed by atoms with E-state index in [0.717, 1.165) is 6.07 Å². The molecule has 0 aliphatic rings. The first kappa shape index (κ1) is 11.6. The molecule has 0 N–H and O–H groups in total. The van der Waals surface area contributed by atoms with E-state index in [9.17, 15) is 18.9 Å². The van der Waals surface area contributed by atoms with Gasteiger partial charge in [0.05, 0.1) is 9.95 Å². The number of halogens is 3. The Bertz CT molecular complexity index is 398. The van der Waals surface area contributed by atoms with E-state index >= 15 is 0 Å². The number of aryl methyl sites for hydroxylation is 1. The van der Waals surface area contributed by atoms with Gasteiger partial charge in [-0.25, -0.2) is 0 Å². The topological polar surface area (TPSA) is 52.4 Å². The van der Waals surface area contributed by atoms with Crippen molar-refractivity contribution >= 4 is 17.3 Å². The van der Waals surface area contributed by atoms with E-state index in [1.165, 1.54) is 13.0 Å². The second-order valence-electron chi connectivity index (χ2n) is 2.68. The molecule has 0 aliphatic carbocycles. The molecule has 4 nitrogen and oxygen atoms in total. The summed E-state index contributed by atoms with van der Waals surface area (Å²) in [6.07, 6.45) is 0. The van der Waals surface area contributed by atoms with Crippen LogP contribution in [0.5, 0.6) is 5.75 Å². The molecular formula is C8H6ClF2NO3. The number of hydrogen-bond donors (Lipinski definition) is 0. The van der Waals surface area contributed by atoms with Gasteiger partial charge in [-0.3, -0.25) is 10.1 Å². The SMILES string of the molecule is Cc1ccc([N+](=O)[O-])c(OC(F)F)c1Cl. The maximum absolute atomic E-state index is 12.0. The molecule has 0 fully saturated rings. The fourth-order valence-corrected chi connectivity index (χ4v) is 1.19. The van der Waals surface area contributed by atoms with Gasteiger partial charge in [0.15, 0.2) is 0 Å². The van der Waals surface area contributed by atoms with Crippen LogP contribution in [0.4, 0.5) is 14.5 Å². The average molecular weight is 238 g/mol. The smallest absolute Gasteiger partial charge is 0.387 e. The summed E-state index contributed by atoms with van der Waals surface area (Å²) in [6, 6.07) is 2.43. The Balaban J connectivity index is 3.28. The molecule has 0 aromatic heterocycles. The van der Waals surface area contributed by atoms with Gasteiger partial charge in [0.25, 0.3) is 0 Å². The predicted molar refractivity (Wildman–Crippen MR) is 49.5 cm³/mol. The summed E-state index contributed by atoms with van der Waals surface area (Å²) in [4.78, 5) is 9.66. The lowest BCUT2D eigenvalue weighted by Gasteiger charge is -2.08. The van der Waals surface area contributed by atoms with Gasteiger partial charge in [-0.1, -0.05) is 17.7 Å². The average Bonchev–Trinajstić information content (AvgIpc) is 2.12. The molecule has 1 aromatic carbocycles. The van der Waals surface area contributed by atoms with Crippen LogP contribution in [0.1, 0.15) is 5.56 Å². The van der Waals surface area contributed by atoms with Crippen LogP contribution in [0.3, 0.4) is 0 Å². The van der Waals surface area contributed by atoms with Crippen LogP contribution >= 0.6 is 11.6 Å². The van der Waals surface area contributed by atoms with Crippen LogP contribution < -0.4 is 4.74 Å². The van der Waals surface area contributed by atoms with Crippen LogP contribution in [0.15, 0.2) is 12.1 Å². The lowest BCUT2D eigenvalue weighted by molar-refractivity contribution is -0.386. The van der Waals surface area contributed by atoms with E-state index in [2.05, 4.69) is 4.74 Å². The van der Waals surface area contributed by atoms with Gasteiger partial charge < -0.3 is 4.74 Å². The summed E-state index contributed by atoms with van der Waals surface area (Å²) in [5, 5.41) is 10.3. The van der Waals surface area contributed by atoms with Crippen molar-refractivity contribution in [1.82, 2.24) is 0 Å². The Hall–Kier alpha value is -1.43. The van der Waals surface area contributed by atoms with Crippen molar-refractivity contribution in [3.8, 4) is 5.75 Å². The van der Waals surface area contributed by atoms with Crippen LogP contribution in [-0.4, -0.2) is 11.5 Å². The highest BCUT2D eigenvalue weighted by Gasteiger charge is 2.22. The van der Waals surface area contributed by atoms with Gasteiger partial charge in [0.1, 0.15) is 0 Å². The van der Waals surface area contributed by atoms with Gasteiger partial charge in [0.2, 0.25) is 5.75 Å². The van der Waals surface area contributed by atoms with E-state index in [1.807, 2.05) is 0 Å². The largest absolute Gasteiger partial charge is 0.426 e. The summed E-state index contributed by atoms with van der Waals surface area (Å²) in [5.41, 5.74) is -0.149. The third-order valence-corrected chi connectivity index (χ3v) is 2.14. The Morgan fingerprint density at radius 1 is 1.53 bits per heavy atom. The molecule has 0 radical (unpaired) electrons. The molecule has 0 unspecified atom stereocenters. The molecule has 0 saturated heterocycles. The molecule has 0 atom stereocenters. The molecule has 15 heavy (non-hydrogen) atoms. The first-order chi connectivity index (χ1) is 6.93. The monoisotopic (exact) mass is 237 g/mol. The minimum atomic E-state index is -3.15. The quantitative estimate of drug-likeness (QED) is 0.599. The molecule has 1 aromatic rings. The molecule has 0 heterocycles. The first-order valence-electron chi connectivity index (χ1n) is 3.81. The van der Waals surface area contributed by atoms with E-state index in [4.69, 9.17) is 11.6 Å². The van der Waals surface area contributed by atoms with Crippen molar-refractivity contribution < 1.29 is 18.4 Å². The Labute approximate surface area is 88.6 Å². The van der Waals surface area contributed by atoms with E-state index < -0.39 is 23.0 Å². The number of nitro groups is 1. The van der Waals surface area contributed by atoms with Gasteiger partial charge in [0, 0.05) is 6.07 Å². The van der Waals surface area contributed by atoms with E-state index in [1.54, 1.807) is 0 Å². The Morgan fingerprint density at radius 3 is 2.60 bits per heavy atom. The normalized spacial score (nSPS) is 10.5. The molecule has 82 valence electrons. The minimum Gasteiger partial charge on any atom is -0.426 e. The van der Waals surface area contributed by atoms with Crippen LogP contribution in [0, 0.1) is 17.0 Å².